The summed E-state index contributed by atoms with van der Waals surface area (Å²) in [5, 5.41) is 11.5. The first-order valence-electron chi connectivity index (χ1n) is 10.9. The van der Waals surface area contributed by atoms with Crippen molar-refractivity contribution >= 4 is 5.96 Å². The Hall–Kier alpha value is -2.54. The first-order chi connectivity index (χ1) is 14.5. The molecule has 1 unspecified atom stereocenters. The maximum Gasteiger partial charge on any atom is 0.191 e. The van der Waals surface area contributed by atoms with Gasteiger partial charge in [-0.15, -0.1) is 0 Å². The summed E-state index contributed by atoms with van der Waals surface area (Å²) >= 11 is 0. The van der Waals surface area contributed by atoms with Gasteiger partial charge in [0, 0.05) is 38.4 Å². The van der Waals surface area contributed by atoms with Crippen LogP contribution >= 0.6 is 0 Å². The summed E-state index contributed by atoms with van der Waals surface area (Å²) < 4.78 is 7.60. The highest BCUT2D eigenvalue weighted by molar-refractivity contribution is 5.79. The zero-order valence-corrected chi connectivity index (χ0v) is 19.0. The predicted molar refractivity (Wildman–Crippen MR) is 122 cm³/mol. The lowest BCUT2D eigenvalue weighted by Crippen LogP contribution is -2.43. The van der Waals surface area contributed by atoms with Crippen LogP contribution in [0.4, 0.5) is 0 Å². The van der Waals surface area contributed by atoms with Gasteiger partial charge in [0.05, 0.1) is 18.8 Å². The second kappa shape index (κ2) is 10.5. The van der Waals surface area contributed by atoms with E-state index in [1.807, 2.05) is 30.9 Å². The topological polar surface area (TPSA) is 66.7 Å². The van der Waals surface area contributed by atoms with Crippen LogP contribution in [0.1, 0.15) is 41.4 Å². The molecule has 164 valence electrons. The fraction of sp³-hybridized carbons (Fsp3) is 0.565. The van der Waals surface area contributed by atoms with Crippen molar-refractivity contribution in [2.75, 3.05) is 40.3 Å². The average Bonchev–Trinajstić information content (AvgIpc) is 3.37. The molecule has 1 aliphatic heterocycles. The van der Waals surface area contributed by atoms with Crippen molar-refractivity contribution in [2.24, 2.45) is 12.0 Å². The number of guanidine groups is 1. The fourth-order valence-corrected chi connectivity index (χ4v) is 4.33. The molecule has 0 aliphatic carbocycles. The fourth-order valence-electron chi connectivity index (χ4n) is 4.33. The van der Waals surface area contributed by atoms with Gasteiger partial charge in [0.15, 0.2) is 5.96 Å². The third-order valence-corrected chi connectivity index (χ3v) is 6.09. The second-order valence-electron chi connectivity index (χ2n) is 7.90. The Morgan fingerprint density at radius 1 is 1.20 bits per heavy atom. The van der Waals surface area contributed by atoms with E-state index in [0.29, 0.717) is 0 Å². The molecule has 0 radical (unpaired) electrons. The molecule has 0 bridgehead atoms. The molecule has 7 nitrogen and oxygen atoms in total. The number of hydrogen-bond acceptors (Lipinski definition) is 4. The Kier molecular flexibility index (Phi) is 7.74. The van der Waals surface area contributed by atoms with Gasteiger partial charge in [0.1, 0.15) is 5.75 Å². The normalized spacial score (nSPS) is 16.0. The number of aliphatic imine (C=N–C) groups is 1. The van der Waals surface area contributed by atoms with Crippen LogP contribution in [0.25, 0.3) is 0 Å². The zero-order valence-electron chi connectivity index (χ0n) is 19.0. The van der Waals surface area contributed by atoms with Crippen molar-refractivity contribution in [3.63, 3.8) is 0 Å². The van der Waals surface area contributed by atoms with Crippen molar-refractivity contribution in [2.45, 2.75) is 39.2 Å². The molecular formula is C23H36N6O. The van der Waals surface area contributed by atoms with Gasteiger partial charge in [0.25, 0.3) is 0 Å². The monoisotopic (exact) mass is 412 g/mol. The lowest BCUT2D eigenvalue weighted by atomic mass is 10.0. The summed E-state index contributed by atoms with van der Waals surface area (Å²) in [7, 11) is 5.57. The summed E-state index contributed by atoms with van der Waals surface area (Å²) in [6.45, 7) is 8.03. The van der Waals surface area contributed by atoms with E-state index in [4.69, 9.17) is 4.74 Å². The Bertz CT molecular complexity index is 853. The molecule has 2 N–H and O–H groups in total. The molecule has 30 heavy (non-hydrogen) atoms. The summed E-state index contributed by atoms with van der Waals surface area (Å²) in [6, 6.07) is 8.59. The van der Waals surface area contributed by atoms with Crippen LogP contribution in [0.15, 0.2) is 29.3 Å². The molecule has 1 atom stereocenters. The molecule has 2 aromatic rings. The largest absolute Gasteiger partial charge is 0.496 e. The van der Waals surface area contributed by atoms with Gasteiger partial charge in [-0.25, -0.2) is 0 Å². The highest BCUT2D eigenvalue weighted by Crippen LogP contribution is 2.31. The minimum Gasteiger partial charge on any atom is -0.496 e. The standard InChI is InChI=1S/C23H36N6O/c1-17-19(18(2)28(4)27-17)12-13-25-23(24-3)26-16-21(29-14-8-9-15-29)20-10-6-7-11-22(20)30-5/h6-7,10-11,21H,8-9,12-16H2,1-5H3,(H2,24,25,26). The highest BCUT2D eigenvalue weighted by Gasteiger charge is 2.26. The van der Waals surface area contributed by atoms with Crippen molar-refractivity contribution in [3.8, 4) is 5.75 Å². The van der Waals surface area contributed by atoms with E-state index in [1.165, 1.54) is 29.7 Å². The van der Waals surface area contributed by atoms with Crippen LogP contribution in [0, 0.1) is 13.8 Å². The Balaban J connectivity index is 1.62. The summed E-state index contributed by atoms with van der Waals surface area (Å²) in [6.07, 6.45) is 3.43. The predicted octanol–water partition coefficient (Wildman–Crippen LogP) is 2.59. The van der Waals surface area contributed by atoms with Crippen molar-refractivity contribution in [3.05, 3.63) is 46.8 Å². The van der Waals surface area contributed by atoms with Gasteiger partial charge in [-0.2, -0.15) is 5.10 Å². The molecule has 0 amide bonds. The van der Waals surface area contributed by atoms with Gasteiger partial charge in [-0.1, -0.05) is 18.2 Å². The number of hydrogen-bond donors (Lipinski definition) is 2. The van der Waals surface area contributed by atoms with Crippen molar-refractivity contribution in [1.29, 1.82) is 0 Å². The number of rotatable bonds is 8. The van der Waals surface area contributed by atoms with Gasteiger partial charge in [-0.05, 0) is 57.8 Å². The van der Waals surface area contributed by atoms with Crippen LogP contribution in [-0.2, 0) is 13.5 Å². The Labute approximate surface area is 180 Å². The molecular weight excluding hydrogens is 376 g/mol. The average molecular weight is 413 g/mol. The molecule has 1 saturated heterocycles. The molecule has 1 fully saturated rings. The number of para-hydroxylation sites is 1. The zero-order chi connectivity index (χ0) is 21.5. The maximum atomic E-state index is 5.65. The van der Waals surface area contributed by atoms with Gasteiger partial charge in [0.2, 0.25) is 0 Å². The number of aromatic nitrogens is 2. The lowest BCUT2D eigenvalue weighted by Gasteiger charge is -2.30. The second-order valence-corrected chi connectivity index (χ2v) is 7.90. The van der Waals surface area contributed by atoms with E-state index in [2.05, 4.69) is 51.6 Å². The van der Waals surface area contributed by atoms with Crippen LogP contribution in [-0.4, -0.2) is 61.0 Å². The van der Waals surface area contributed by atoms with Gasteiger partial charge in [-0.3, -0.25) is 14.6 Å². The number of methoxy groups -OCH3 is 1. The van der Waals surface area contributed by atoms with E-state index in [-0.39, 0.29) is 6.04 Å². The van der Waals surface area contributed by atoms with E-state index in [0.717, 1.165) is 50.0 Å². The van der Waals surface area contributed by atoms with E-state index in [1.54, 1.807) is 7.11 Å². The molecule has 0 saturated carbocycles. The first kappa shape index (κ1) is 22.2. The number of likely N-dealkylation sites (tertiary alicyclic amines) is 1. The minimum atomic E-state index is 0.255. The van der Waals surface area contributed by atoms with Crippen LogP contribution in [0.3, 0.4) is 0 Å². The third kappa shape index (κ3) is 5.14. The quantitative estimate of drug-likeness (QED) is 0.515. The lowest BCUT2D eigenvalue weighted by molar-refractivity contribution is 0.239. The minimum absolute atomic E-state index is 0.255. The van der Waals surface area contributed by atoms with Gasteiger partial charge < -0.3 is 15.4 Å². The number of nitrogens with zero attached hydrogens (tertiary/aromatic N) is 4. The smallest absolute Gasteiger partial charge is 0.191 e. The highest BCUT2D eigenvalue weighted by atomic mass is 16.5. The third-order valence-electron chi connectivity index (χ3n) is 6.09. The molecule has 1 aliphatic rings. The molecule has 2 heterocycles. The molecule has 0 spiro atoms. The first-order valence-corrected chi connectivity index (χ1v) is 10.9. The maximum absolute atomic E-state index is 5.65. The summed E-state index contributed by atoms with van der Waals surface area (Å²) in [4.78, 5) is 6.97. The Morgan fingerprint density at radius 2 is 1.93 bits per heavy atom. The number of benzene rings is 1. The molecule has 3 rings (SSSR count). The van der Waals surface area contributed by atoms with Crippen LogP contribution in [0.2, 0.25) is 0 Å². The number of aryl methyl sites for hydroxylation is 2. The van der Waals surface area contributed by atoms with E-state index in [9.17, 15) is 0 Å². The van der Waals surface area contributed by atoms with Crippen LogP contribution < -0.4 is 15.4 Å². The van der Waals surface area contributed by atoms with E-state index >= 15 is 0 Å². The number of ether oxygens (including phenoxy) is 1. The van der Waals surface area contributed by atoms with Gasteiger partial charge >= 0.3 is 0 Å². The Morgan fingerprint density at radius 3 is 2.57 bits per heavy atom. The van der Waals surface area contributed by atoms with E-state index < -0.39 is 0 Å². The molecule has 1 aromatic heterocycles. The van der Waals surface area contributed by atoms with Crippen LogP contribution in [0.5, 0.6) is 5.75 Å². The molecule has 1 aromatic carbocycles. The molecule has 7 heteroatoms. The van der Waals surface area contributed by atoms with Crippen molar-refractivity contribution < 1.29 is 4.74 Å². The SMILES string of the molecule is CN=C(NCCc1c(C)nn(C)c1C)NCC(c1ccccc1OC)N1CCCC1. The van der Waals surface area contributed by atoms with Crippen molar-refractivity contribution in [1.82, 2.24) is 25.3 Å². The summed E-state index contributed by atoms with van der Waals surface area (Å²) in [5.74, 6) is 1.77. The summed E-state index contributed by atoms with van der Waals surface area (Å²) in [5.41, 5.74) is 4.86. The number of nitrogens with one attached hydrogen (secondary N) is 2.